The molecule has 0 aliphatic carbocycles. The third-order valence-electron chi connectivity index (χ3n) is 3.89. The number of halogens is 1. The summed E-state index contributed by atoms with van der Waals surface area (Å²) in [5, 5.41) is 5.43. The number of nitrogens with one attached hydrogen (secondary N) is 2. The second-order valence-corrected chi connectivity index (χ2v) is 5.57. The van der Waals surface area contributed by atoms with Crippen LogP contribution in [0.1, 0.15) is 44.0 Å². The maximum atomic E-state index is 13.5. The van der Waals surface area contributed by atoms with E-state index in [9.17, 15) is 14.0 Å². The highest BCUT2D eigenvalue weighted by Crippen LogP contribution is 2.21. The highest BCUT2D eigenvalue weighted by Gasteiger charge is 2.26. The van der Waals surface area contributed by atoms with Gasteiger partial charge in [0.1, 0.15) is 17.8 Å². The topological polar surface area (TPSA) is 71.3 Å². The van der Waals surface area contributed by atoms with Crippen LogP contribution in [-0.4, -0.2) is 18.4 Å². The Bertz CT molecular complexity index is 767. The minimum atomic E-state index is -0.409. The van der Waals surface area contributed by atoms with E-state index in [1.54, 1.807) is 19.1 Å². The molecule has 0 fully saturated rings. The Kier molecular flexibility index (Phi) is 4.14. The standard InChI is InChI=1S/C17H17FN2O3/c1-10-4-5-11(7-13(10)18)8-20-16(21)12-9-23-14-3-2-6-19-17(22)15(12)14/h4-5,7,9H,2-3,6,8H2,1H3,(H,19,22)(H,20,21). The van der Waals surface area contributed by atoms with E-state index in [4.69, 9.17) is 4.42 Å². The van der Waals surface area contributed by atoms with Gasteiger partial charge in [0.15, 0.2) is 0 Å². The lowest BCUT2D eigenvalue weighted by Crippen LogP contribution is -2.28. The number of furan rings is 1. The molecule has 0 unspecified atom stereocenters. The summed E-state index contributed by atoms with van der Waals surface area (Å²) in [5.74, 6) is -0.481. The number of hydrogen-bond donors (Lipinski definition) is 2. The van der Waals surface area contributed by atoms with Gasteiger partial charge in [0.05, 0.1) is 11.1 Å². The Morgan fingerprint density at radius 3 is 3.04 bits per heavy atom. The lowest BCUT2D eigenvalue weighted by molar-refractivity contribution is 0.0920. The summed E-state index contributed by atoms with van der Waals surface area (Å²) in [6.45, 7) is 2.42. The van der Waals surface area contributed by atoms with Gasteiger partial charge in [0.25, 0.3) is 11.8 Å². The number of benzene rings is 1. The van der Waals surface area contributed by atoms with E-state index in [0.29, 0.717) is 35.4 Å². The zero-order valence-corrected chi connectivity index (χ0v) is 12.7. The Morgan fingerprint density at radius 2 is 2.26 bits per heavy atom. The second kappa shape index (κ2) is 6.24. The minimum absolute atomic E-state index is 0.178. The van der Waals surface area contributed by atoms with Gasteiger partial charge in [-0.2, -0.15) is 0 Å². The molecule has 5 nitrogen and oxygen atoms in total. The van der Waals surface area contributed by atoms with E-state index in [1.807, 2.05) is 0 Å². The molecule has 3 rings (SSSR count). The van der Waals surface area contributed by atoms with Crippen molar-refractivity contribution in [2.75, 3.05) is 6.54 Å². The third kappa shape index (κ3) is 3.11. The molecule has 1 aliphatic rings. The molecule has 1 aliphatic heterocycles. The largest absolute Gasteiger partial charge is 0.468 e. The van der Waals surface area contributed by atoms with Crippen LogP contribution in [0, 0.1) is 12.7 Å². The first kappa shape index (κ1) is 15.3. The fourth-order valence-corrected chi connectivity index (χ4v) is 2.56. The van der Waals surface area contributed by atoms with Gasteiger partial charge < -0.3 is 15.1 Å². The number of fused-ring (bicyclic) bond motifs is 1. The maximum absolute atomic E-state index is 13.5. The average molecular weight is 316 g/mol. The Morgan fingerprint density at radius 1 is 1.43 bits per heavy atom. The van der Waals surface area contributed by atoms with Crippen LogP contribution < -0.4 is 10.6 Å². The van der Waals surface area contributed by atoms with Crippen LogP contribution in [0.2, 0.25) is 0 Å². The molecule has 0 atom stereocenters. The highest BCUT2D eigenvalue weighted by molar-refractivity contribution is 6.07. The first-order valence-electron chi connectivity index (χ1n) is 7.48. The number of aryl methyl sites for hydroxylation is 2. The predicted molar refractivity (Wildman–Crippen MR) is 81.7 cm³/mol. The predicted octanol–water partition coefficient (Wildman–Crippen LogP) is 2.33. The Labute approximate surface area is 132 Å². The zero-order valence-electron chi connectivity index (χ0n) is 12.7. The van der Waals surface area contributed by atoms with Gasteiger partial charge in [-0.15, -0.1) is 0 Å². The van der Waals surface area contributed by atoms with Crippen LogP contribution in [-0.2, 0) is 13.0 Å². The molecule has 1 aromatic heterocycles. The molecule has 0 radical (unpaired) electrons. The Hall–Kier alpha value is -2.63. The summed E-state index contributed by atoms with van der Waals surface area (Å²) in [7, 11) is 0. The van der Waals surface area contributed by atoms with Crippen LogP contribution >= 0.6 is 0 Å². The summed E-state index contributed by atoms with van der Waals surface area (Å²) in [6, 6.07) is 4.80. The van der Waals surface area contributed by atoms with Crippen molar-refractivity contribution in [2.24, 2.45) is 0 Å². The van der Waals surface area contributed by atoms with Gasteiger partial charge in [-0.3, -0.25) is 9.59 Å². The van der Waals surface area contributed by atoms with Crippen molar-refractivity contribution in [1.29, 1.82) is 0 Å². The van der Waals surface area contributed by atoms with Gasteiger partial charge in [-0.1, -0.05) is 12.1 Å². The number of carbonyl (C=O) groups is 2. The van der Waals surface area contributed by atoms with E-state index < -0.39 is 5.91 Å². The summed E-state index contributed by atoms with van der Waals surface area (Å²) in [6.07, 6.45) is 2.70. The monoisotopic (exact) mass is 316 g/mol. The van der Waals surface area contributed by atoms with Gasteiger partial charge in [0, 0.05) is 19.5 Å². The van der Waals surface area contributed by atoms with Gasteiger partial charge in [-0.25, -0.2) is 4.39 Å². The number of rotatable bonds is 3. The van der Waals surface area contributed by atoms with Crippen molar-refractivity contribution >= 4 is 11.8 Å². The molecular weight excluding hydrogens is 299 g/mol. The molecular formula is C17H17FN2O3. The van der Waals surface area contributed by atoms with Crippen molar-refractivity contribution in [2.45, 2.75) is 26.3 Å². The summed E-state index contributed by atoms with van der Waals surface area (Å²) < 4.78 is 18.9. The highest BCUT2D eigenvalue weighted by atomic mass is 19.1. The van der Waals surface area contributed by atoms with Gasteiger partial charge >= 0.3 is 0 Å². The molecule has 2 heterocycles. The van der Waals surface area contributed by atoms with Crippen LogP contribution in [0.25, 0.3) is 0 Å². The van der Waals surface area contributed by atoms with Gasteiger partial charge in [0.2, 0.25) is 0 Å². The van der Waals surface area contributed by atoms with E-state index in [-0.39, 0.29) is 23.8 Å². The molecule has 120 valence electrons. The van der Waals surface area contributed by atoms with Crippen LogP contribution in [0.4, 0.5) is 4.39 Å². The number of hydrogen-bond acceptors (Lipinski definition) is 3. The van der Waals surface area contributed by atoms with E-state index in [2.05, 4.69) is 10.6 Å². The lowest BCUT2D eigenvalue weighted by Gasteiger charge is -2.07. The SMILES string of the molecule is Cc1ccc(CNC(=O)c2coc3c2C(=O)NCCC3)cc1F. The fourth-order valence-electron chi connectivity index (χ4n) is 2.56. The average Bonchev–Trinajstić information content (AvgIpc) is 2.88. The Balaban J connectivity index is 1.75. The van der Waals surface area contributed by atoms with E-state index in [1.165, 1.54) is 12.3 Å². The smallest absolute Gasteiger partial charge is 0.255 e. The van der Waals surface area contributed by atoms with Crippen molar-refractivity contribution < 1.29 is 18.4 Å². The first-order chi connectivity index (χ1) is 11.1. The second-order valence-electron chi connectivity index (χ2n) is 5.57. The number of carbonyl (C=O) groups excluding carboxylic acids is 2. The summed E-state index contributed by atoms with van der Waals surface area (Å²) >= 11 is 0. The quantitative estimate of drug-likeness (QED) is 0.913. The molecule has 2 aromatic rings. The minimum Gasteiger partial charge on any atom is -0.468 e. The molecule has 2 N–H and O–H groups in total. The summed E-state index contributed by atoms with van der Waals surface area (Å²) in [4.78, 5) is 24.4. The fraction of sp³-hybridized carbons (Fsp3) is 0.294. The van der Waals surface area contributed by atoms with Crippen LogP contribution in [0.5, 0.6) is 0 Å². The number of amides is 2. The zero-order chi connectivity index (χ0) is 16.4. The molecule has 0 spiro atoms. The third-order valence-corrected chi connectivity index (χ3v) is 3.89. The van der Waals surface area contributed by atoms with Crippen LogP contribution in [0.15, 0.2) is 28.9 Å². The van der Waals surface area contributed by atoms with Crippen molar-refractivity contribution in [3.05, 3.63) is 58.3 Å². The van der Waals surface area contributed by atoms with Crippen molar-refractivity contribution in [3.8, 4) is 0 Å². The van der Waals surface area contributed by atoms with Crippen molar-refractivity contribution in [3.63, 3.8) is 0 Å². The maximum Gasteiger partial charge on any atom is 0.255 e. The van der Waals surface area contributed by atoms with E-state index in [0.717, 1.165) is 6.42 Å². The molecule has 0 saturated heterocycles. The molecule has 23 heavy (non-hydrogen) atoms. The molecule has 0 bridgehead atoms. The lowest BCUT2D eigenvalue weighted by atomic mass is 10.1. The first-order valence-corrected chi connectivity index (χ1v) is 7.48. The van der Waals surface area contributed by atoms with Crippen molar-refractivity contribution in [1.82, 2.24) is 10.6 Å². The van der Waals surface area contributed by atoms with Crippen LogP contribution in [0.3, 0.4) is 0 Å². The molecule has 0 saturated carbocycles. The molecule has 6 heteroatoms. The molecule has 1 aromatic carbocycles. The molecule has 2 amide bonds. The normalized spacial score (nSPS) is 13.9. The van der Waals surface area contributed by atoms with E-state index >= 15 is 0 Å². The van der Waals surface area contributed by atoms with Gasteiger partial charge in [-0.05, 0) is 30.5 Å². The summed E-state index contributed by atoms with van der Waals surface area (Å²) in [5.41, 5.74) is 1.72.